The minimum Gasteiger partial charge on any atom is -0.497 e. The summed E-state index contributed by atoms with van der Waals surface area (Å²) in [5.74, 6) is 2.36. The van der Waals surface area contributed by atoms with E-state index in [-0.39, 0.29) is 0 Å². The van der Waals surface area contributed by atoms with E-state index in [4.69, 9.17) is 26.1 Å². The normalized spacial score (nSPS) is 14.3. The molecule has 2 aromatic rings. The number of nitrogens with one attached hydrogen (secondary N) is 1. The highest BCUT2D eigenvalue weighted by Gasteiger charge is 2.26. The molecular formula is C19H24N2O3S. The van der Waals surface area contributed by atoms with Gasteiger partial charge in [-0.05, 0) is 49.3 Å². The van der Waals surface area contributed by atoms with Crippen molar-refractivity contribution in [2.75, 3.05) is 19.5 Å². The molecule has 1 heterocycles. The van der Waals surface area contributed by atoms with Gasteiger partial charge in [-0.2, -0.15) is 0 Å². The Labute approximate surface area is 153 Å². The molecule has 0 amide bonds. The molecule has 1 aromatic heterocycles. The molecule has 1 fully saturated rings. The molecule has 0 unspecified atom stereocenters. The largest absolute Gasteiger partial charge is 0.497 e. The Balaban J connectivity index is 1.77. The molecule has 1 saturated carbocycles. The summed E-state index contributed by atoms with van der Waals surface area (Å²) in [6.45, 7) is 0.669. The molecule has 5 nitrogen and oxygen atoms in total. The van der Waals surface area contributed by atoms with Crippen molar-refractivity contribution in [3.63, 3.8) is 0 Å². The highest BCUT2D eigenvalue weighted by molar-refractivity contribution is 7.80. The summed E-state index contributed by atoms with van der Waals surface area (Å²) >= 11 is 5.72. The molecule has 25 heavy (non-hydrogen) atoms. The number of hydrogen-bond donors (Lipinski definition) is 1. The SMILES string of the molecule is COc1ccc(NC(=S)N(Cc2ccco2)C2CCCC2)c(OC)c1. The predicted octanol–water partition coefficient (Wildman–Crippen LogP) is 4.44. The van der Waals surface area contributed by atoms with E-state index in [1.54, 1.807) is 20.5 Å². The lowest BCUT2D eigenvalue weighted by Gasteiger charge is -2.31. The van der Waals surface area contributed by atoms with Crippen LogP contribution < -0.4 is 14.8 Å². The van der Waals surface area contributed by atoms with Gasteiger partial charge in [0, 0.05) is 12.1 Å². The number of anilines is 1. The quantitative estimate of drug-likeness (QED) is 0.769. The van der Waals surface area contributed by atoms with E-state index in [2.05, 4.69) is 10.2 Å². The Morgan fingerprint density at radius 2 is 2.04 bits per heavy atom. The molecule has 3 rings (SSSR count). The number of benzene rings is 1. The zero-order valence-electron chi connectivity index (χ0n) is 14.7. The lowest BCUT2D eigenvalue weighted by molar-refractivity contribution is 0.286. The van der Waals surface area contributed by atoms with Crippen LogP contribution in [0.15, 0.2) is 41.0 Å². The first-order chi connectivity index (χ1) is 12.2. The van der Waals surface area contributed by atoms with Crippen molar-refractivity contribution in [1.29, 1.82) is 0 Å². The zero-order valence-corrected chi connectivity index (χ0v) is 15.5. The molecular weight excluding hydrogens is 336 g/mol. The van der Waals surface area contributed by atoms with Gasteiger partial charge < -0.3 is 24.1 Å². The van der Waals surface area contributed by atoms with E-state index in [9.17, 15) is 0 Å². The molecule has 134 valence electrons. The number of ether oxygens (including phenoxy) is 2. The second-order valence-corrected chi connectivity index (χ2v) is 6.53. The molecule has 0 radical (unpaired) electrons. The fourth-order valence-electron chi connectivity index (χ4n) is 3.24. The van der Waals surface area contributed by atoms with Crippen molar-refractivity contribution in [1.82, 2.24) is 4.90 Å². The molecule has 1 N–H and O–H groups in total. The van der Waals surface area contributed by atoms with Gasteiger partial charge in [0.25, 0.3) is 0 Å². The summed E-state index contributed by atoms with van der Waals surface area (Å²) < 4.78 is 16.2. The third kappa shape index (κ3) is 4.25. The van der Waals surface area contributed by atoms with Gasteiger partial charge in [-0.25, -0.2) is 0 Å². The molecule has 0 saturated heterocycles. The highest BCUT2D eigenvalue weighted by Crippen LogP contribution is 2.31. The second kappa shape index (κ2) is 8.25. The van der Waals surface area contributed by atoms with Gasteiger partial charge in [0.05, 0.1) is 32.7 Å². The summed E-state index contributed by atoms with van der Waals surface area (Å²) in [5, 5.41) is 4.02. The Bertz CT molecular complexity index is 697. The molecule has 1 aliphatic rings. The van der Waals surface area contributed by atoms with Gasteiger partial charge in [0.1, 0.15) is 17.3 Å². The van der Waals surface area contributed by atoms with Crippen LogP contribution in [-0.4, -0.2) is 30.3 Å². The molecule has 1 aliphatic carbocycles. The van der Waals surface area contributed by atoms with Crippen molar-refractivity contribution in [3.8, 4) is 11.5 Å². The molecule has 0 spiro atoms. The van der Waals surface area contributed by atoms with Crippen LogP contribution in [0.2, 0.25) is 0 Å². The number of furan rings is 1. The summed E-state index contributed by atoms with van der Waals surface area (Å²) in [4.78, 5) is 2.23. The van der Waals surface area contributed by atoms with Gasteiger partial charge in [-0.3, -0.25) is 0 Å². The maximum absolute atomic E-state index is 5.72. The number of methoxy groups -OCH3 is 2. The number of rotatable bonds is 6. The Morgan fingerprint density at radius 3 is 2.68 bits per heavy atom. The van der Waals surface area contributed by atoms with Crippen molar-refractivity contribution in [2.24, 2.45) is 0 Å². The van der Waals surface area contributed by atoms with Gasteiger partial charge in [-0.15, -0.1) is 0 Å². The van der Waals surface area contributed by atoms with Crippen molar-refractivity contribution in [2.45, 2.75) is 38.3 Å². The highest BCUT2D eigenvalue weighted by atomic mass is 32.1. The van der Waals surface area contributed by atoms with Crippen LogP contribution in [0.5, 0.6) is 11.5 Å². The Hall–Kier alpha value is -2.21. The van der Waals surface area contributed by atoms with Crippen LogP contribution >= 0.6 is 12.2 Å². The Morgan fingerprint density at radius 1 is 1.24 bits per heavy atom. The first-order valence-electron chi connectivity index (χ1n) is 8.53. The first kappa shape index (κ1) is 17.6. The molecule has 6 heteroatoms. The van der Waals surface area contributed by atoms with Crippen LogP contribution in [0, 0.1) is 0 Å². The van der Waals surface area contributed by atoms with E-state index >= 15 is 0 Å². The molecule has 0 atom stereocenters. The average Bonchev–Trinajstić information content (AvgIpc) is 3.33. The van der Waals surface area contributed by atoms with Crippen LogP contribution in [0.4, 0.5) is 5.69 Å². The smallest absolute Gasteiger partial charge is 0.174 e. The van der Waals surface area contributed by atoms with Crippen LogP contribution in [-0.2, 0) is 6.54 Å². The van der Waals surface area contributed by atoms with E-state index in [0.717, 1.165) is 30.0 Å². The van der Waals surface area contributed by atoms with Crippen molar-refractivity contribution >= 4 is 23.0 Å². The Kier molecular flexibility index (Phi) is 5.81. The minimum atomic E-state index is 0.439. The summed E-state index contributed by atoms with van der Waals surface area (Å²) in [6.07, 6.45) is 6.50. The summed E-state index contributed by atoms with van der Waals surface area (Å²) in [7, 11) is 3.28. The van der Waals surface area contributed by atoms with E-state index < -0.39 is 0 Å². The lowest BCUT2D eigenvalue weighted by Crippen LogP contribution is -2.40. The van der Waals surface area contributed by atoms with E-state index in [0.29, 0.717) is 23.4 Å². The van der Waals surface area contributed by atoms with Crippen molar-refractivity contribution < 1.29 is 13.9 Å². The topological polar surface area (TPSA) is 46.9 Å². The molecule has 0 bridgehead atoms. The van der Waals surface area contributed by atoms with E-state index in [1.807, 2.05) is 30.3 Å². The molecule has 0 aliphatic heterocycles. The summed E-state index contributed by atoms with van der Waals surface area (Å²) in [6, 6.07) is 9.99. The number of nitrogens with zero attached hydrogens (tertiary/aromatic N) is 1. The van der Waals surface area contributed by atoms with Crippen LogP contribution in [0.3, 0.4) is 0 Å². The summed E-state index contributed by atoms with van der Waals surface area (Å²) in [5.41, 5.74) is 0.829. The zero-order chi connectivity index (χ0) is 17.6. The van der Waals surface area contributed by atoms with Gasteiger partial charge in [0.2, 0.25) is 0 Å². The van der Waals surface area contributed by atoms with Gasteiger partial charge in [-0.1, -0.05) is 12.8 Å². The fourth-order valence-corrected chi connectivity index (χ4v) is 3.57. The maximum atomic E-state index is 5.72. The number of hydrogen-bond acceptors (Lipinski definition) is 4. The predicted molar refractivity (Wildman–Crippen MR) is 102 cm³/mol. The van der Waals surface area contributed by atoms with Crippen LogP contribution in [0.1, 0.15) is 31.4 Å². The maximum Gasteiger partial charge on any atom is 0.174 e. The van der Waals surface area contributed by atoms with Crippen LogP contribution in [0.25, 0.3) is 0 Å². The van der Waals surface area contributed by atoms with Gasteiger partial charge in [0.15, 0.2) is 5.11 Å². The monoisotopic (exact) mass is 360 g/mol. The van der Waals surface area contributed by atoms with E-state index in [1.165, 1.54) is 12.8 Å². The average molecular weight is 360 g/mol. The van der Waals surface area contributed by atoms with Crippen molar-refractivity contribution in [3.05, 3.63) is 42.4 Å². The minimum absolute atomic E-state index is 0.439. The fraction of sp³-hybridized carbons (Fsp3) is 0.421. The lowest BCUT2D eigenvalue weighted by atomic mass is 10.2. The standard InChI is InChI=1S/C19H24N2O3S/c1-22-15-9-10-17(18(12-15)23-2)20-19(25)21(14-6-3-4-7-14)13-16-8-5-11-24-16/h5,8-12,14H,3-4,6-7,13H2,1-2H3,(H,20,25). The number of thiocarbonyl (C=S) groups is 1. The van der Waals surface area contributed by atoms with Gasteiger partial charge >= 0.3 is 0 Å². The second-order valence-electron chi connectivity index (χ2n) is 6.14. The first-order valence-corrected chi connectivity index (χ1v) is 8.94. The third-order valence-corrected chi connectivity index (χ3v) is 4.92. The molecule has 1 aromatic carbocycles. The third-order valence-electron chi connectivity index (χ3n) is 4.58.